The Hall–Kier alpha value is -1.77. The Morgan fingerprint density at radius 2 is 2.15 bits per heavy atom. The third-order valence-electron chi connectivity index (χ3n) is 1.94. The Labute approximate surface area is 74.9 Å². The van der Waals surface area contributed by atoms with Crippen LogP contribution >= 0.6 is 0 Å². The predicted octanol–water partition coefficient (Wildman–Crippen LogP) is 2.03. The highest BCUT2D eigenvalue weighted by molar-refractivity contribution is 5.76. The van der Waals surface area contributed by atoms with Crippen molar-refractivity contribution in [2.75, 3.05) is 0 Å². The van der Waals surface area contributed by atoms with Crippen LogP contribution in [0.15, 0.2) is 40.1 Å². The van der Waals surface area contributed by atoms with Crippen LogP contribution in [0.5, 0.6) is 0 Å². The van der Waals surface area contributed by atoms with Gasteiger partial charge in [0.1, 0.15) is 10.9 Å². The first kappa shape index (κ1) is 7.86. The van der Waals surface area contributed by atoms with Crippen molar-refractivity contribution in [3.8, 4) is 0 Å². The Morgan fingerprint density at radius 1 is 1.31 bits per heavy atom. The number of nitrogens with zero attached hydrogens (tertiary/aromatic N) is 1. The zero-order chi connectivity index (χ0) is 9.26. The van der Waals surface area contributed by atoms with E-state index in [0.29, 0.717) is 5.36 Å². The summed E-state index contributed by atoms with van der Waals surface area (Å²) in [7, 11) is 0. The van der Waals surface area contributed by atoms with Crippen molar-refractivity contribution in [3.63, 3.8) is 0 Å². The molecular formula is C10H9NO2. The summed E-state index contributed by atoms with van der Waals surface area (Å²) in [5.74, 6) is 0. The molecule has 3 heteroatoms. The Balaban J connectivity index is 2.94. The molecule has 2 aromatic rings. The van der Waals surface area contributed by atoms with E-state index < -0.39 is 0 Å². The molecule has 3 nitrogen and oxygen atoms in total. The van der Waals surface area contributed by atoms with E-state index in [2.05, 4.69) is 5.16 Å². The molecule has 0 bridgehead atoms. The van der Waals surface area contributed by atoms with Crippen LogP contribution < -0.4 is 5.36 Å². The van der Waals surface area contributed by atoms with Gasteiger partial charge in [0.25, 0.3) is 0 Å². The molecule has 66 valence electrons. The first-order chi connectivity index (χ1) is 6.31. The molecule has 0 spiro atoms. The average Bonchev–Trinajstić information content (AvgIpc) is 2.16. The molecule has 0 aliphatic rings. The highest BCUT2D eigenvalue weighted by Crippen LogP contribution is 2.11. The summed E-state index contributed by atoms with van der Waals surface area (Å²) < 4.78 is 5.26. The fourth-order valence-electron chi connectivity index (χ4n) is 1.29. The summed E-state index contributed by atoms with van der Waals surface area (Å²) in [5, 5.41) is 13.2. The van der Waals surface area contributed by atoms with Gasteiger partial charge >= 0.3 is 0 Å². The quantitative estimate of drug-likeness (QED) is 0.492. The fourth-order valence-corrected chi connectivity index (χ4v) is 1.29. The average molecular weight is 175 g/mol. The van der Waals surface area contributed by atoms with Crippen molar-refractivity contribution in [2.24, 2.45) is 5.16 Å². The van der Waals surface area contributed by atoms with Crippen LogP contribution in [0, 0.1) is 6.92 Å². The molecule has 1 heterocycles. The third-order valence-corrected chi connectivity index (χ3v) is 1.94. The van der Waals surface area contributed by atoms with E-state index in [1.807, 2.05) is 25.1 Å². The van der Waals surface area contributed by atoms with E-state index >= 15 is 0 Å². The number of rotatable bonds is 0. The maximum absolute atomic E-state index is 8.69. The molecule has 0 atom stereocenters. The first-order valence-electron chi connectivity index (χ1n) is 3.97. The summed E-state index contributed by atoms with van der Waals surface area (Å²) in [6, 6.07) is 7.36. The Kier molecular flexibility index (Phi) is 1.77. The zero-order valence-corrected chi connectivity index (χ0v) is 7.19. The van der Waals surface area contributed by atoms with Crippen molar-refractivity contribution < 1.29 is 9.62 Å². The van der Waals surface area contributed by atoms with E-state index in [-0.39, 0.29) is 0 Å². The van der Waals surface area contributed by atoms with Gasteiger partial charge in [-0.1, -0.05) is 11.2 Å². The van der Waals surface area contributed by atoms with Gasteiger partial charge in [-0.05, 0) is 24.6 Å². The van der Waals surface area contributed by atoms with Crippen LogP contribution in [0.2, 0.25) is 0 Å². The normalized spacial score (nSPS) is 12.2. The standard InChI is InChI=1S/C10H9NO2/c1-7-2-3-8-9(11-12)4-5-13-10(8)6-7/h2-6,12H,1H3/b11-9-. The third kappa shape index (κ3) is 1.28. The molecule has 2 rings (SSSR count). The van der Waals surface area contributed by atoms with Crippen molar-refractivity contribution in [3.05, 3.63) is 41.4 Å². The highest BCUT2D eigenvalue weighted by atomic mass is 16.4. The molecule has 0 radical (unpaired) electrons. The lowest BCUT2D eigenvalue weighted by atomic mass is 10.1. The molecule has 0 amide bonds. The molecule has 0 saturated heterocycles. The second kappa shape index (κ2) is 2.94. The molecule has 13 heavy (non-hydrogen) atoms. The minimum Gasteiger partial charge on any atom is -0.464 e. The van der Waals surface area contributed by atoms with E-state index in [9.17, 15) is 0 Å². The number of hydrogen-bond donors (Lipinski definition) is 1. The number of hydrogen-bond acceptors (Lipinski definition) is 3. The van der Waals surface area contributed by atoms with Gasteiger partial charge in [-0.15, -0.1) is 0 Å². The maximum Gasteiger partial charge on any atom is 0.136 e. The number of aryl methyl sites for hydroxylation is 1. The van der Waals surface area contributed by atoms with Crippen LogP contribution in [0.25, 0.3) is 11.0 Å². The summed E-state index contributed by atoms with van der Waals surface area (Å²) in [4.78, 5) is 0. The SMILES string of the molecule is Cc1ccc2/c(=N\O)ccoc2c1. The number of fused-ring (bicyclic) bond motifs is 1. The maximum atomic E-state index is 8.69. The van der Waals surface area contributed by atoms with Gasteiger partial charge in [-0.25, -0.2) is 0 Å². The van der Waals surface area contributed by atoms with Crippen molar-refractivity contribution in [1.82, 2.24) is 0 Å². The van der Waals surface area contributed by atoms with Crippen LogP contribution in [0.3, 0.4) is 0 Å². The van der Waals surface area contributed by atoms with Gasteiger partial charge in [0, 0.05) is 11.5 Å². The monoisotopic (exact) mass is 175 g/mol. The second-order valence-electron chi connectivity index (χ2n) is 2.91. The van der Waals surface area contributed by atoms with E-state index in [1.165, 1.54) is 6.26 Å². The first-order valence-corrected chi connectivity index (χ1v) is 3.97. The van der Waals surface area contributed by atoms with Crippen molar-refractivity contribution >= 4 is 11.0 Å². The smallest absolute Gasteiger partial charge is 0.136 e. The number of benzene rings is 1. The van der Waals surface area contributed by atoms with Gasteiger partial charge in [-0.2, -0.15) is 0 Å². The molecule has 0 aliphatic carbocycles. The molecule has 1 aromatic heterocycles. The largest absolute Gasteiger partial charge is 0.464 e. The van der Waals surface area contributed by atoms with E-state index in [1.54, 1.807) is 6.07 Å². The molecule has 0 aliphatic heterocycles. The lowest BCUT2D eigenvalue weighted by Gasteiger charge is -1.97. The zero-order valence-electron chi connectivity index (χ0n) is 7.19. The van der Waals surface area contributed by atoms with Gasteiger partial charge in [0.15, 0.2) is 0 Å². The van der Waals surface area contributed by atoms with Crippen molar-refractivity contribution in [2.45, 2.75) is 6.92 Å². The molecule has 0 fully saturated rings. The molecule has 0 unspecified atom stereocenters. The molecule has 0 saturated carbocycles. The van der Waals surface area contributed by atoms with Gasteiger partial charge in [-0.3, -0.25) is 0 Å². The van der Waals surface area contributed by atoms with Crippen molar-refractivity contribution in [1.29, 1.82) is 0 Å². The summed E-state index contributed by atoms with van der Waals surface area (Å²) in [6.45, 7) is 1.98. The molecule has 1 aromatic carbocycles. The topological polar surface area (TPSA) is 45.7 Å². The fraction of sp³-hybridized carbons (Fsp3) is 0.100. The lowest BCUT2D eigenvalue weighted by Crippen LogP contribution is -2.00. The molecular weight excluding hydrogens is 166 g/mol. The second-order valence-corrected chi connectivity index (χ2v) is 2.91. The van der Waals surface area contributed by atoms with E-state index in [4.69, 9.17) is 9.62 Å². The van der Waals surface area contributed by atoms with Crippen LogP contribution in [0.1, 0.15) is 5.56 Å². The van der Waals surface area contributed by atoms with Gasteiger partial charge < -0.3 is 9.62 Å². The van der Waals surface area contributed by atoms with Gasteiger partial charge in [0.05, 0.1) is 6.26 Å². The molecule has 1 N–H and O–H groups in total. The highest BCUT2D eigenvalue weighted by Gasteiger charge is 1.97. The summed E-state index contributed by atoms with van der Waals surface area (Å²) in [6.07, 6.45) is 1.51. The van der Waals surface area contributed by atoms with Gasteiger partial charge in [0.2, 0.25) is 0 Å². The Bertz CT molecular complexity index is 499. The minimum atomic E-state index is 0.529. The summed E-state index contributed by atoms with van der Waals surface area (Å²) >= 11 is 0. The van der Waals surface area contributed by atoms with E-state index in [0.717, 1.165) is 16.5 Å². The predicted molar refractivity (Wildman–Crippen MR) is 48.3 cm³/mol. The van der Waals surface area contributed by atoms with Crippen LogP contribution in [-0.2, 0) is 0 Å². The van der Waals surface area contributed by atoms with Crippen LogP contribution in [0.4, 0.5) is 0 Å². The van der Waals surface area contributed by atoms with Crippen LogP contribution in [-0.4, -0.2) is 5.21 Å². The minimum absolute atomic E-state index is 0.529. The lowest BCUT2D eigenvalue weighted by molar-refractivity contribution is 0.302. The summed E-state index contributed by atoms with van der Waals surface area (Å²) in [5.41, 5.74) is 1.85. The Morgan fingerprint density at radius 3 is 2.92 bits per heavy atom.